The average molecular weight is 466 g/mol. The van der Waals surface area contributed by atoms with Crippen LogP contribution in [0.2, 0.25) is 0 Å². The second-order valence-electron chi connectivity index (χ2n) is 6.42. The first-order chi connectivity index (χ1) is 10.9. The summed E-state index contributed by atoms with van der Waals surface area (Å²) >= 11 is 0. The molecule has 1 fully saturated rings. The van der Waals surface area contributed by atoms with Crippen molar-refractivity contribution in [2.24, 2.45) is 10.7 Å². The van der Waals surface area contributed by atoms with Crippen LogP contribution in [0, 0.1) is 0 Å². The van der Waals surface area contributed by atoms with Crippen LogP contribution in [0.1, 0.15) is 20.8 Å². The first-order valence-electron chi connectivity index (χ1n) is 7.83. The summed E-state index contributed by atoms with van der Waals surface area (Å²) < 4.78 is 11.8. The third-order valence-corrected chi connectivity index (χ3v) is 5.59. The molecule has 2 rings (SSSR count). The van der Waals surface area contributed by atoms with Gasteiger partial charge in [0, 0.05) is 59.9 Å². The third-order valence-electron chi connectivity index (χ3n) is 3.67. The Hall–Kier alpha value is -0.970. The predicted octanol–water partition coefficient (Wildman–Crippen LogP) is 1.08. The van der Waals surface area contributed by atoms with Crippen LogP contribution in [-0.4, -0.2) is 68.3 Å². The molecule has 9 heteroatoms. The van der Waals surface area contributed by atoms with Gasteiger partial charge in [-0.25, -0.2) is 9.97 Å². The number of rotatable bonds is 4. The van der Waals surface area contributed by atoms with Gasteiger partial charge in [-0.3, -0.25) is 9.20 Å². The molecule has 0 amide bonds. The Labute approximate surface area is 163 Å². The van der Waals surface area contributed by atoms with Gasteiger partial charge >= 0.3 is 0 Å². The minimum absolute atomic E-state index is 0. The largest absolute Gasteiger partial charge is 0.370 e. The summed E-state index contributed by atoms with van der Waals surface area (Å²) in [4.78, 5) is 17.1. The van der Waals surface area contributed by atoms with Crippen molar-refractivity contribution < 1.29 is 4.21 Å². The van der Waals surface area contributed by atoms with Crippen LogP contribution in [0.3, 0.4) is 0 Å². The molecule has 1 atom stereocenters. The van der Waals surface area contributed by atoms with Gasteiger partial charge in [-0.1, -0.05) is 0 Å². The van der Waals surface area contributed by atoms with Crippen LogP contribution < -0.4 is 10.6 Å². The molecular weight excluding hydrogens is 439 g/mol. The van der Waals surface area contributed by atoms with Gasteiger partial charge in [0.1, 0.15) is 0 Å². The van der Waals surface area contributed by atoms with Crippen molar-refractivity contribution in [1.82, 2.24) is 14.9 Å². The van der Waals surface area contributed by atoms with E-state index in [1.165, 1.54) is 0 Å². The number of aromatic nitrogens is 2. The first-order valence-corrected chi connectivity index (χ1v) is 9.15. The molecule has 136 valence electrons. The van der Waals surface area contributed by atoms with Gasteiger partial charge in [-0.05, 0) is 26.8 Å². The predicted molar refractivity (Wildman–Crippen MR) is 110 cm³/mol. The van der Waals surface area contributed by atoms with E-state index in [1.807, 2.05) is 26.8 Å². The monoisotopic (exact) mass is 466 g/mol. The van der Waals surface area contributed by atoms with Gasteiger partial charge in [0.25, 0.3) is 0 Å². The lowest BCUT2D eigenvalue weighted by molar-refractivity contribution is 0.378. The van der Waals surface area contributed by atoms with E-state index in [4.69, 9.17) is 5.73 Å². The first kappa shape index (κ1) is 21.1. The summed E-state index contributed by atoms with van der Waals surface area (Å²) in [6.45, 7) is 9.62. The highest BCUT2D eigenvalue weighted by Gasteiger charge is 2.21. The molecule has 1 aromatic heterocycles. The fourth-order valence-corrected chi connectivity index (χ4v) is 3.11. The maximum Gasteiger partial charge on any atom is 0.225 e. The van der Waals surface area contributed by atoms with Crippen LogP contribution in [0.15, 0.2) is 23.5 Å². The van der Waals surface area contributed by atoms with Crippen molar-refractivity contribution >= 4 is 46.7 Å². The minimum Gasteiger partial charge on any atom is -0.370 e. The highest BCUT2D eigenvalue weighted by molar-refractivity contribution is 14.0. The van der Waals surface area contributed by atoms with Gasteiger partial charge in [0.2, 0.25) is 5.95 Å². The van der Waals surface area contributed by atoms with Gasteiger partial charge < -0.3 is 15.5 Å². The highest BCUT2D eigenvalue weighted by atomic mass is 127. The molecule has 7 nitrogen and oxygen atoms in total. The fourth-order valence-electron chi connectivity index (χ4n) is 2.24. The molecule has 1 aliphatic rings. The highest BCUT2D eigenvalue weighted by Crippen LogP contribution is 2.11. The van der Waals surface area contributed by atoms with Crippen LogP contribution in [0.5, 0.6) is 0 Å². The standard InChI is InChI=1S/C15H26N6OS.HI/c1-15(2,3)23(22)12-7-17-13(16)20-8-10-21(11-9-20)14-18-5-4-6-19-14;/h4-6H,7-12H2,1-3H3,(H2,16,17);1H. The van der Waals surface area contributed by atoms with Gasteiger partial charge in [-0.15, -0.1) is 24.0 Å². The van der Waals surface area contributed by atoms with E-state index in [1.54, 1.807) is 12.4 Å². The number of hydrogen-bond donors (Lipinski definition) is 1. The normalized spacial score (nSPS) is 17.4. The Morgan fingerprint density at radius 3 is 2.38 bits per heavy atom. The Balaban J connectivity index is 0.00000288. The lowest BCUT2D eigenvalue weighted by Crippen LogP contribution is -2.51. The Morgan fingerprint density at radius 1 is 1.25 bits per heavy atom. The zero-order chi connectivity index (χ0) is 16.9. The van der Waals surface area contributed by atoms with E-state index < -0.39 is 10.8 Å². The van der Waals surface area contributed by atoms with Gasteiger partial charge in [0.05, 0.1) is 6.54 Å². The number of nitrogens with two attached hydrogens (primary N) is 1. The lowest BCUT2D eigenvalue weighted by Gasteiger charge is -2.35. The zero-order valence-corrected chi connectivity index (χ0v) is 17.7. The minimum atomic E-state index is -0.895. The van der Waals surface area contributed by atoms with Crippen molar-refractivity contribution in [3.8, 4) is 0 Å². The van der Waals surface area contributed by atoms with Gasteiger partial charge in [0.15, 0.2) is 5.96 Å². The SMILES string of the molecule is CC(C)(C)S(=O)CCN=C(N)N1CCN(c2ncccn2)CC1.I. The van der Waals surface area contributed by atoms with E-state index in [0.717, 1.165) is 32.1 Å². The summed E-state index contributed by atoms with van der Waals surface area (Å²) in [6, 6.07) is 1.81. The molecule has 0 spiro atoms. The molecule has 1 aliphatic heterocycles. The third kappa shape index (κ3) is 6.15. The Kier molecular flexibility index (Phi) is 8.34. The number of halogens is 1. The molecule has 0 radical (unpaired) electrons. The molecule has 0 saturated carbocycles. The van der Waals surface area contributed by atoms with E-state index in [2.05, 4.69) is 24.8 Å². The van der Waals surface area contributed by atoms with Crippen molar-refractivity contribution in [2.45, 2.75) is 25.5 Å². The summed E-state index contributed by atoms with van der Waals surface area (Å²) in [7, 11) is -0.895. The Bertz CT molecular complexity index is 555. The number of piperazine rings is 1. The number of hydrogen-bond acceptors (Lipinski definition) is 5. The van der Waals surface area contributed by atoms with Crippen molar-refractivity contribution in [1.29, 1.82) is 0 Å². The van der Waals surface area contributed by atoms with Crippen molar-refractivity contribution in [2.75, 3.05) is 43.4 Å². The van der Waals surface area contributed by atoms with E-state index in [-0.39, 0.29) is 28.7 Å². The summed E-state index contributed by atoms with van der Waals surface area (Å²) in [6.07, 6.45) is 3.50. The molecule has 0 aliphatic carbocycles. The molecule has 1 unspecified atom stereocenters. The summed E-state index contributed by atoms with van der Waals surface area (Å²) in [5, 5.41) is 0. The average Bonchev–Trinajstić information content (AvgIpc) is 2.54. The lowest BCUT2D eigenvalue weighted by atomic mass is 10.3. The van der Waals surface area contributed by atoms with E-state index in [0.29, 0.717) is 18.3 Å². The van der Waals surface area contributed by atoms with Crippen LogP contribution in [-0.2, 0) is 10.8 Å². The van der Waals surface area contributed by atoms with Crippen LogP contribution in [0.25, 0.3) is 0 Å². The zero-order valence-electron chi connectivity index (χ0n) is 14.5. The smallest absolute Gasteiger partial charge is 0.225 e. The fraction of sp³-hybridized carbons (Fsp3) is 0.667. The maximum atomic E-state index is 12.0. The molecule has 0 bridgehead atoms. The van der Waals surface area contributed by atoms with E-state index in [9.17, 15) is 4.21 Å². The Morgan fingerprint density at radius 2 is 1.83 bits per heavy atom. The van der Waals surface area contributed by atoms with E-state index >= 15 is 0 Å². The molecular formula is C15H27IN6OS. The number of nitrogens with zero attached hydrogens (tertiary/aromatic N) is 5. The maximum absolute atomic E-state index is 12.0. The van der Waals surface area contributed by atoms with Crippen LogP contribution in [0.4, 0.5) is 5.95 Å². The molecule has 24 heavy (non-hydrogen) atoms. The number of guanidine groups is 1. The summed E-state index contributed by atoms with van der Waals surface area (Å²) in [5.41, 5.74) is 6.06. The number of aliphatic imine (C=N–C) groups is 1. The quantitative estimate of drug-likeness (QED) is 0.406. The molecule has 0 aromatic carbocycles. The second-order valence-corrected chi connectivity index (χ2v) is 8.75. The van der Waals surface area contributed by atoms with Crippen molar-refractivity contribution in [3.05, 3.63) is 18.5 Å². The molecule has 2 heterocycles. The molecule has 1 aromatic rings. The molecule has 1 saturated heterocycles. The second kappa shape index (κ2) is 9.50. The van der Waals surface area contributed by atoms with Gasteiger partial charge in [-0.2, -0.15) is 0 Å². The number of anilines is 1. The summed E-state index contributed by atoms with van der Waals surface area (Å²) in [5.74, 6) is 1.83. The topological polar surface area (TPSA) is 87.7 Å². The van der Waals surface area contributed by atoms with Crippen molar-refractivity contribution in [3.63, 3.8) is 0 Å². The molecule has 2 N–H and O–H groups in total. The van der Waals surface area contributed by atoms with Crippen LogP contribution >= 0.6 is 24.0 Å².